The number of aliphatic hydroxyl groups is 1. The summed E-state index contributed by atoms with van der Waals surface area (Å²) in [4.78, 5) is 4.21. The van der Waals surface area contributed by atoms with E-state index in [4.69, 9.17) is 5.11 Å². The van der Waals surface area contributed by atoms with Gasteiger partial charge in [0.25, 0.3) is 0 Å². The van der Waals surface area contributed by atoms with E-state index >= 15 is 0 Å². The summed E-state index contributed by atoms with van der Waals surface area (Å²) in [5.41, 5.74) is 1.68. The molecule has 0 aliphatic carbocycles. The molecule has 5 nitrogen and oxygen atoms in total. The van der Waals surface area contributed by atoms with Crippen LogP contribution in [-0.4, -0.2) is 32.9 Å². The van der Waals surface area contributed by atoms with Crippen LogP contribution in [0, 0.1) is 13.8 Å². The van der Waals surface area contributed by atoms with Gasteiger partial charge in [-0.15, -0.1) is 5.10 Å². The van der Waals surface area contributed by atoms with E-state index in [0.717, 1.165) is 17.8 Å². The third kappa shape index (κ3) is 2.63. The van der Waals surface area contributed by atoms with Crippen molar-refractivity contribution in [2.24, 2.45) is 0 Å². The maximum atomic E-state index is 8.97. The average molecular weight is 196 g/mol. The second kappa shape index (κ2) is 4.85. The second-order valence-corrected chi connectivity index (χ2v) is 3.24. The van der Waals surface area contributed by atoms with Crippen molar-refractivity contribution in [1.29, 1.82) is 0 Å². The maximum absolute atomic E-state index is 8.97. The molecular formula is C9H16N4O. The lowest BCUT2D eigenvalue weighted by Crippen LogP contribution is -2.24. The largest absolute Gasteiger partial charge is 0.394 e. The normalized spacial score (nSPS) is 12.6. The van der Waals surface area contributed by atoms with E-state index in [0.29, 0.717) is 5.95 Å². The molecule has 5 heteroatoms. The first kappa shape index (κ1) is 10.8. The molecule has 0 bridgehead atoms. The molecule has 0 aromatic carbocycles. The number of hydrogen-bond acceptors (Lipinski definition) is 5. The standard InChI is InChI=1S/C9H16N4O/c1-4-8(5-14)11-9-10-6(2)7(3)12-13-9/h8,14H,4-5H2,1-3H3,(H,10,11,13)/t8-/m0/s1. The molecular weight excluding hydrogens is 180 g/mol. The lowest BCUT2D eigenvalue weighted by Gasteiger charge is -2.13. The molecule has 1 atom stereocenters. The molecule has 0 unspecified atom stereocenters. The summed E-state index contributed by atoms with van der Waals surface area (Å²) in [7, 11) is 0. The number of anilines is 1. The highest BCUT2D eigenvalue weighted by molar-refractivity contribution is 5.26. The summed E-state index contributed by atoms with van der Waals surface area (Å²) in [5, 5.41) is 19.8. The summed E-state index contributed by atoms with van der Waals surface area (Å²) >= 11 is 0. The average Bonchev–Trinajstić information content (AvgIpc) is 2.19. The van der Waals surface area contributed by atoms with Crippen molar-refractivity contribution in [3.63, 3.8) is 0 Å². The number of nitrogens with zero attached hydrogens (tertiary/aromatic N) is 3. The SMILES string of the molecule is CC[C@@H](CO)Nc1nnc(C)c(C)n1. The number of aliphatic hydroxyl groups excluding tert-OH is 1. The Morgan fingerprint density at radius 1 is 1.29 bits per heavy atom. The fourth-order valence-electron chi connectivity index (χ4n) is 0.977. The molecule has 14 heavy (non-hydrogen) atoms. The van der Waals surface area contributed by atoms with Crippen LogP contribution in [0.1, 0.15) is 24.7 Å². The molecule has 0 saturated carbocycles. The summed E-state index contributed by atoms with van der Waals surface area (Å²) in [6, 6.07) is -0.00101. The van der Waals surface area contributed by atoms with Crippen LogP contribution in [0.3, 0.4) is 0 Å². The molecule has 1 rings (SSSR count). The predicted octanol–water partition coefficient (Wildman–Crippen LogP) is 0.671. The summed E-state index contributed by atoms with van der Waals surface area (Å²) in [6.07, 6.45) is 0.826. The third-order valence-electron chi connectivity index (χ3n) is 2.14. The maximum Gasteiger partial charge on any atom is 0.243 e. The van der Waals surface area contributed by atoms with Crippen LogP contribution in [0.25, 0.3) is 0 Å². The van der Waals surface area contributed by atoms with Gasteiger partial charge < -0.3 is 10.4 Å². The Morgan fingerprint density at radius 3 is 2.50 bits per heavy atom. The van der Waals surface area contributed by atoms with Crippen molar-refractivity contribution in [3.05, 3.63) is 11.4 Å². The predicted molar refractivity (Wildman–Crippen MR) is 54.1 cm³/mol. The summed E-state index contributed by atoms with van der Waals surface area (Å²) < 4.78 is 0. The smallest absolute Gasteiger partial charge is 0.243 e. The Bertz CT molecular complexity index is 299. The molecule has 1 aromatic rings. The number of nitrogens with one attached hydrogen (secondary N) is 1. The molecule has 1 aromatic heterocycles. The first-order valence-corrected chi connectivity index (χ1v) is 4.72. The van der Waals surface area contributed by atoms with Gasteiger partial charge in [-0.25, -0.2) is 4.98 Å². The van der Waals surface area contributed by atoms with Crippen molar-refractivity contribution in [2.45, 2.75) is 33.2 Å². The molecule has 0 radical (unpaired) electrons. The zero-order chi connectivity index (χ0) is 10.6. The highest BCUT2D eigenvalue weighted by Crippen LogP contribution is 2.04. The van der Waals surface area contributed by atoms with E-state index in [-0.39, 0.29) is 12.6 Å². The van der Waals surface area contributed by atoms with Gasteiger partial charge in [0.1, 0.15) is 0 Å². The molecule has 78 valence electrons. The Hall–Kier alpha value is -1.23. The minimum atomic E-state index is -0.00101. The van der Waals surface area contributed by atoms with Crippen molar-refractivity contribution in [1.82, 2.24) is 15.2 Å². The minimum absolute atomic E-state index is 0.00101. The second-order valence-electron chi connectivity index (χ2n) is 3.24. The van der Waals surface area contributed by atoms with Gasteiger partial charge in [-0.2, -0.15) is 5.10 Å². The molecule has 1 heterocycles. The van der Waals surface area contributed by atoms with Crippen molar-refractivity contribution < 1.29 is 5.11 Å². The Morgan fingerprint density at radius 2 is 2.00 bits per heavy atom. The number of hydrogen-bond donors (Lipinski definition) is 2. The number of rotatable bonds is 4. The van der Waals surface area contributed by atoms with Gasteiger partial charge in [0.15, 0.2) is 0 Å². The number of aromatic nitrogens is 3. The zero-order valence-corrected chi connectivity index (χ0v) is 8.78. The van der Waals surface area contributed by atoms with Crippen molar-refractivity contribution in [2.75, 3.05) is 11.9 Å². The van der Waals surface area contributed by atoms with Crippen LogP contribution < -0.4 is 5.32 Å². The molecule has 0 aliphatic heterocycles. The molecule has 0 amide bonds. The van der Waals surface area contributed by atoms with Crippen LogP contribution >= 0.6 is 0 Å². The summed E-state index contributed by atoms with van der Waals surface area (Å²) in [5.74, 6) is 0.481. The highest BCUT2D eigenvalue weighted by atomic mass is 16.3. The van der Waals surface area contributed by atoms with Crippen LogP contribution in [0.4, 0.5) is 5.95 Å². The van der Waals surface area contributed by atoms with Gasteiger partial charge >= 0.3 is 0 Å². The van der Waals surface area contributed by atoms with E-state index in [2.05, 4.69) is 20.5 Å². The fourth-order valence-corrected chi connectivity index (χ4v) is 0.977. The van der Waals surface area contributed by atoms with Gasteiger partial charge in [-0.05, 0) is 20.3 Å². The first-order chi connectivity index (χ1) is 6.67. The van der Waals surface area contributed by atoms with Gasteiger partial charge in [-0.3, -0.25) is 0 Å². The number of aryl methyl sites for hydroxylation is 2. The third-order valence-corrected chi connectivity index (χ3v) is 2.14. The summed E-state index contributed by atoms with van der Waals surface area (Å²) in [6.45, 7) is 5.81. The Balaban J connectivity index is 2.72. The van der Waals surface area contributed by atoms with E-state index < -0.39 is 0 Å². The molecule has 2 N–H and O–H groups in total. The molecule has 0 saturated heterocycles. The lowest BCUT2D eigenvalue weighted by molar-refractivity contribution is 0.271. The van der Waals surface area contributed by atoms with Crippen LogP contribution in [0.2, 0.25) is 0 Å². The lowest BCUT2D eigenvalue weighted by atomic mass is 10.2. The van der Waals surface area contributed by atoms with E-state index in [9.17, 15) is 0 Å². The molecule has 0 fully saturated rings. The molecule has 0 spiro atoms. The fraction of sp³-hybridized carbons (Fsp3) is 0.667. The Labute approximate surface area is 83.6 Å². The minimum Gasteiger partial charge on any atom is -0.394 e. The van der Waals surface area contributed by atoms with E-state index in [1.807, 2.05) is 20.8 Å². The van der Waals surface area contributed by atoms with Crippen molar-refractivity contribution >= 4 is 5.95 Å². The molecule has 0 aliphatic rings. The van der Waals surface area contributed by atoms with Gasteiger partial charge in [0.05, 0.1) is 24.0 Å². The first-order valence-electron chi connectivity index (χ1n) is 4.72. The van der Waals surface area contributed by atoms with Crippen molar-refractivity contribution in [3.8, 4) is 0 Å². The van der Waals surface area contributed by atoms with Gasteiger partial charge in [0.2, 0.25) is 5.95 Å². The quantitative estimate of drug-likeness (QED) is 0.740. The zero-order valence-electron chi connectivity index (χ0n) is 8.78. The van der Waals surface area contributed by atoms with Gasteiger partial charge in [0, 0.05) is 0 Å². The van der Waals surface area contributed by atoms with Gasteiger partial charge in [-0.1, -0.05) is 6.92 Å². The van der Waals surface area contributed by atoms with Crippen LogP contribution in [0.5, 0.6) is 0 Å². The highest BCUT2D eigenvalue weighted by Gasteiger charge is 2.07. The Kier molecular flexibility index (Phi) is 3.76. The van der Waals surface area contributed by atoms with E-state index in [1.165, 1.54) is 0 Å². The monoisotopic (exact) mass is 196 g/mol. The van der Waals surface area contributed by atoms with Crippen LogP contribution in [0.15, 0.2) is 0 Å². The topological polar surface area (TPSA) is 70.9 Å². The van der Waals surface area contributed by atoms with Crippen LogP contribution in [-0.2, 0) is 0 Å². The van der Waals surface area contributed by atoms with E-state index in [1.54, 1.807) is 0 Å².